The molecule has 2 N–H and O–H groups in total. The van der Waals surface area contributed by atoms with Gasteiger partial charge >= 0.3 is 0 Å². The minimum atomic E-state index is -1.57. The summed E-state index contributed by atoms with van der Waals surface area (Å²) in [6.07, 6.45) is 0. The topological polar surface area (TPSA) is 64.7 Å². The van der Waals surface area contributed by atoms with Crippen molar-refractivity contribution in [1.29, 1.82) is 0 Å². The van der Waals surface area contributed by atoms with Crippen LogP contribution in [0.1, 0.15) is 0 Å². The average Bonchev–Trinajstić information content (AvgIpc) is 2.45. The molecule has 0 spiro atoms. The Balaban J connectivity index is 2.36. The molecule has 3 rings (SSSR count). The van der Waals surface area contributed by atoms with Crippen LogP contribution in [-0.4, -0.2) is 15.0 Å². The Labute approximate surface area is 111 Å². The van der Waals surface area contributed by atoms with Gasteiger partial charge in [-0.3, -0.25) is 0 Å². The second-order valence-electron chi connectivity index (χ2n) is 4.03. The number of fused-ring (bicyclic) bond motifs is 1. The molecular formula is C13H7F3N4. The summed E-state index contributed by atoms with van der Waals surface area (Å²) in [4.78, 5) is 10.6. The van der Waals surface area contributed by atoms with Gasteiger partial charge in [0, 0.05) is 5.56 Å². The van der Waals surface area contributed by atoms with Crippen LogP contribution >= 0.6 is 0 Å². The Morgan fingerprint density at radius 2 is 1.55 bits per heavy atom. The fraction of sp³-hybridized carbons (Fsp3) is 0. The van der Waals surface area contributed by atoms with E-state index in [9.17, 15) is 13.2 Å². The smallest absolute Gasteiger partial charge is 0.252 e. The molecule has 0 aliphatic heterocycles. The van der Waals surface area contributed by atoms with Gasteiger partial charge in [0.1, 0.15) is 11.3 Å². The zero-order chi connectivity index (χ0) is 14.3. The number of rotatable bonds is 1. The predicted molar refractivity (Wildman–Crippen MR) is 67.1 cm³/mol. The largest absolute Gasteiger partial charge is 0.383 e. The SMILES string of the molecule is Nc1nc(-c2ccccc2)nc2c(F)nc(F)c(F)c12. The molecule has 0 fully saturated rings. The number of hydrogen-bond acceptors (Lipinski definition) is 4. The molecular weight excluding hydrogens is 269 g/mol. The maximum absolute atomic E-state index is 13.6. The number of halogens is 3. The molecule has 100 valence electrons. The Bertz CT molecular complexity index is 806. The third-order valence-electron chi connectivity index (χ3n) is 2.76. The normalized spacial score (nSPS) is 10.9. The first kappa shape index (κ1) is 12.3. The molecule has 7 heteroatoms. The number of nitrogens with two attached hydrogens (primary N) is 1. The fourth-order valence-corrected chi connectivity index (χ4v) is 1.85. The van der Waals surface area contributed by atoms with Gasteiger partial charge in [-0.15, -0.1) is 0 Å². The maximum atomic E-state index is 13.6. The number of hydrogen-bond donors (Lipinski definition) is 1. The highest BCUT2D eigenvalue weighted by Crippen LogP contribution is 2.27. The highest BCUT2D eigenvalue weighted by Gasteiger charge is 2.19. The molecule has 0 radical (unpaired) electrons. The van der Waals surface area contributed by atoms with E-state index in [0.29, 0.717) is 5.56 Å². The summed E-state index contributed by atoms with van der Waals surface area (Å²) in [7, 11) is 0. The van der Waals surface area contributed by atoms with Gasteiger partial charge in [0.25, 0.3) is 5.95 Å². The molecule has 2 heterocycles. The van der Waals surface area contributed by atoms with Crippen LogP contribution in [0.5, 0.6) is 0 Å². The first-order chi connectivity index (χ1) is 9.58. The predicted octanol–water partition coefficient (Wildman–Crippen LogP) is 2.69. The maximum Gasteiger partial charge on any atom is 0.252 e. The van der Waals surface area contributed by atoms with E-state index in [-0.39, 0.29) is 11.6 Å². The van der Waals surface area contributed by atoms with Crippen LogP contribution in [0.2, 0.25) is 0 Å². The van der Waals surface area contributed by atoms with Crippen molar-refractivity contribution < 1.29 is 13.2 Å². The van der Waals surface area contributed by atoms with E-state index in [0.717, 1.165) is 0 Å². The van der Waals surface area contributed by atoms with Gasteiger partial charge in [-0.1, -0.05) is 30.3 Å². The Hall–Kier alpha value is -2.70. The standard InChI is InChI=1S/C13H7F3N4/c14-8-7-9(11(16)19-10(8)15)18-13(20-12(7)17)6-4-2-1-3-5-6/h1-5H,(H2,17,18,20). The van der Waals surface area contributed by atoms with Gasteiger partial charge in [-0.2, -0.15) is 13.8 Å². The lowest BCUT2D eigenvalue weighted by Crippen LogP contribution is -2.05. The number of anilines is 1. The quantitative estimate of drug-likeness (QED) is 0.694. The van der Waals surface area contributed by atoms with Crippen LogP contribution in [0, 0.1) is 17.7 Å². The zero-order valence-corrected chi connectivity index (χ0v) is 9.94. The van der Waals surface area contributed by atoms with Crippen molar-refractivity contribution in [2.24, 2.45) is 0 Å². The molecule has 0 atom stereocenters. The van der Waals surface area contributed by atoms with Crippen molar-refractivity contribution in [3.63, 3.8) is 0 Å². The summed E-state index contributed by atoms with van der Waals surface area (Å²) < 4.78 is 40.3. The zero-order valence-electron chi connectivity index (χ0n) is 9.94. The van der Waals surface area contributed by atoms with Crippen LogP contribution in [0.15, 0.2) is 30.3 Å². The van der Waals surface area contributed by atoms with Gasteiger partial charge in [0.05, 0.1) is 5.39 Å². The number of aromatic nitrogens is 3. The fourth-order valence-electron chi connectivity index (χ4n) is 1.85. The third kappa shape index (κ3) is 1.83. The molecule has 0 saturated carbocycles. The number of benzene rings is 1. The molecule has 0 bridgehead atoms. The third-order valence-corrected chi connectivity index (χ3v) is 2.76. The van der Waals surface area contributed by atoms with Crippen molar-refractivity contribution in [3.8, 4) is 11.4 Å². The van der Waals surface area contributed by atoms with E-state index in [4.69, 9.17) is 5.73 Å². The minimum absolute atomic E-state index is 0.113. The summed E-state index contributed by atoms with van der Waals surface area (Å²) in [6.45, 7) is 0. The summed E-state index contributed by atoms with van der Waals surface area (Å²) in [5.41, 5.74) is 5.71. The number of nitrogen functional groups attached to an aromatic ring is 1. The lowest BCUT2D eigenvalue weighted by atomic mass is 10.2. The van der Waals surface area contributed by atoms with E-state index >= 15 is 0 Å². The van der Waals surface area contributed by atoms with Crippen LogP contribution < -0.4 is 5.73 Å². The minimum Gasteiger partial charge on any atom is -0.383 e. The second-order valence-corrected chi connectivity index (χ2v) is 4.03. The van der Waals surface area contributed by atoms with Crippen molar-refractivity contribution in [2.45, 2.75) is 0 Å². The van der Waals surface area contributed by atoms with Crippen LogP contribution in [0.3, 0.4) is 0 Å². The number of nitrogens with zero attached hydrogens (tertiary/aromatic N) is 3. The molecule has 0 saturated heterocycles. The Kier molecular flexibility index (Phi) is 2.74. The summed E-state index contributed by atoms with van der Waals surface area (Å²) >= 11 is 0. The van der Waals surface area contributed by atoms with E-state index in [1.165, 1.54) is 0 Å². The second kappa shape index (κ2) is 4.44. The lowest BCUT2D eigenvalue weighted by molar-refractivity contribution is 0.458. The van der Waals surface area contributed by atoms with Crippen molar-refractivity contribution in [3.05, 3.63) is 48.0 Å². The highest BCUT2D eigenvalue weighted by atomic mass is 19.2. The lowest BCUT2D eigenvalue weighted by Gasteiger charge is -2.07. The van der Waals surface area contributed by atoms with Gasteiger partial charge in [-0.05, 0) is 0 Å². The van der Waals surface area contributed by atoms with Gasteiger partial charge in [0.2, 0.25) is 5.95 Å². The summed E-state index contributed by atoms with van der Waals surface area (Å²) in [5.74, 6) is -4.39. The molecule has 2 aromatic heterocycles. The number of pyridine rings is 1. The molecule has 0 aliphatic carbocycles. The van der Waals surface area contributed by atoms with E-state index in [1.807, 2.05) is 0 Å². The van der Waals surface area contributed by atoms with Gasteiger partial charge in [0.15, 0.2) is 11.6 Å². The van der Waals surface area contributed by atoms with E-state index in [2.05, 4.69) is 15.0 Å². The molecule has 0 unspecified atom stereocenters. The van der Waals surface area contributed by atoms with Crippen LogP contribution in [0.25, 0.3) is 22.3 Å². The first-order valence-corrected chi connectivity index (χ1v) is 5.61. The summed E-state index contributed by atoms with van der Waals surface area (Å²) in [5, 5.41) is -0.505. The summed E-state index contributed by atoms with van der Waals surface area (Å²) in [6, 6.07) is 8.63. The van der Waals surface area contributed by atoms with Crippen molar-refractivity contribution in [1.82, 2.24) is 15.0 Å². The molecule has 1 aromatic carbocycles. The van der Waals surface area contributed by atoms with E-state index in [1.54, 1.807) is 30.3 Å². The highest BCUT2D eigenvalue weighted by molar-refractivity contribution is 5.89. The van der Waals surface area contributed by atoms with Gasteiger partial charge < -0.3 is 5.73 Å². The average molecular weight is 276 g/mol. The monoisotopic (exact) mass is 276 g/mol. The molecule has 3 aromatic rings. The molecule has 0 amide bonds. The van der Waals surface area contributed by atoms with Crippen molar-refractivity contribution in [2.75, 3.05) is 5.73 Å². The molecule has 4 nitrogen and oxygen atoms in total. The van der Waals surface area contributed by atoms with E-state index < -0.39 is 28.6 Å². The molecule has 20 heavy (non-hydrogen) atoms. The van der Waals surface area contributed by atoms with Crippen LogP contribution in [0.4, 0.5) is 19.0 Å². The first-order valence-electron chi connectivity index (χ1n) is 5.61. The Morgan fingerprint density at radius 3 is 2.25 bits per heavy atom. The van der Waals surface area contributed by atoms with Crippen LogP contribution in [-0.2, 0) is 0 Å². The van der Waals surface area contributed by atoms with Gasteiger partial charge in [-0.25, -0.2) is 14.4 Å². The molecule has 0 aliphatic rings. The Morgan fingerprint density at radius 1 is 0.850 bits per heavy atom. The van der Waals surface area contributed by atoms with Crippen molar-refractivity contribution >= 4 is 16.7 Å².